The van der Waals surface area contributed by atoms with Gasteiger partial charge < -0.3 is 10.2 Å². The molecule has 1 amide bonds. The van der Waals surface area contributed by atoms with Crippen molar-refractivity contribution in [2.45, 2.75) is 30.6 Å². The molecule has 0 bridgehead atoms. The summed E-state index contributed by atoms with van der Waals surface area (Å²) in [6, 6.07) is 12.6. The maximum Gasteiger partial charge on any atom is 0.243 e. The number of anilines is 2. The van der Waals surface area contributed by atoms with E-state index in [0.717, 1.165) is 37.9 Å². The molecule has 2 aliphatic heterocycles. The molecule has 2 aromatic carbocycles. The maximum absolute atomic E-state index is 12.8. The number of rotatable bonds is 5. The highest BCUT2D eigenvalue weighted by molar-refractivity contribution is 7.89. The van der Waals surface area contributed by atoms with Gasteiger partial charge in [0.1, 0.15) is 0 Å². The minimum atomic E-state index is -3.57. The monoisotopic (exact) mass is 433 g/mol. The van der Waals surface area contributed by atoms with Gasteiger partial charge in [-0.2, -0.15) is 4.31 Å². The van der Waals surface area contributed by atoms with Crippen molar-refractivity contribution in [1.29, 1.82) is 0 Å². The second-order valence-electron chi connectivity index (χ2n) is 7.45. The van der Waals surface area contributed by atoms with E-state index < -0.39 is 10.0 Å². The Labute approximate surface area is 176 Å². The number of aryl methyl sites for hydroxylation is 1. The van der Waals surface area contributed by atoms with Gasteiger partial charge in [0, 0.05) is 25.3 Å². The predicted octanol–water partition coefficient (Wildman–Crippen LogP) is 3.52. The molecule has 0 aromatic heterocycles. The molecule has 154 valence electrons. The Hall–Kier alpha value is -2.09. The highest BCUT2D eigenvalue weighted by atomic mass is 35.5. The van der Waals surface area contributed by atoms with Gasteiger partial charge in [0.05, 0.1) is 22.2 Å². The van der Waals surface area contributed by atoms with Gasteiger partial charge in [0.25, 0.3) is 0 Å². The zero-order chi connectivity index (χ0) is 20.4. The average Bonchev–Trinajstić information content (AvgIpc) is 3.26. The smallest absolute Gasteiger partial charge is 0.243 e. The van der Waals surface area contributed by atoms with E-state index in [1.54, 1.807) is 0 Å². The summed E-state index contributed by atoms with van der Waals surface area (Å²) in [5, 5.41) is 3.11. The van der Waals surface area contributed by atoms with Gasteiger partial charge in [0.15, 0.2) is 0 Å². The second-order valence-corrected chi connectivity index (χ2v) is 9.80. The van der Waals surface area contributed by atoms with Gasteiger partial charge in [-0.25, -0.2) is 8.42 Å². The Bertz CT molecular complexity index is 1020. The van der Waals surface area contributed by atoms with E-state index in [0.29, 0.717) is 23.8 Å². The van der Waals surface area contributed by atoms with Crippen molar-refractivity contribution in [3.63, 3.8) is 0 Å². The predicted molar refractivity (Wildman–Crippen MR) is 115 cm³/mol. The summed E-state index contributed by atoms with van der Waals surface area (Å²) in [6.45, 7) is 2.06. The lowest BCUT2D eigenvalue weighted by atomic mass is 10.0. The van der Waals surface area contributed by atoms with Crippen LogP contribution in [-0.4, -0.2) is 44.8 Å². The van der Waals surface area contributed by atoms with E-state index in [1.807, 2.05) is 23.1 Å². The number of hydrogen-bond donors (Lipinski definition) is 1. The average molecular weight is 434 g/mol. The molecule has 0 unspecified atom stereocenters. The summed E-state index contributed by atoms with van der Waals surface area (Å²) < 4.78 is 27.1. The molecule has 2 aliphatic rings. The Kier molecular flexibility index (Phi) is 5.81. The third-order valence-corrected chi connectivity index (χ3v) is 7.68. The van der Waals surface area contributed by atoms with Crippen molar-refractivity contribution in [3.8, 4) is 0 Å². The van der Waals surface area contributed by atoms with Crippen molar-refractivity contribution in [2.24, 2.45) is 0 Å². The zero-order valence-corrected chi connectivity index (χ0v) is 17.7. The number of halogens is 1. The number of amides is 1. The van der Waals surface area contributed by atoms with Crippen molar-refractivity contribution in [1.82, 2.24) is 4.31 Å². The first-order valence-electron chi connectivity index (χ1n) is 9.87. The molecule has 4 rings (SSSR count). The van der Waals surface area contributed by atoms with Crippen LogP contribution < -0.4 is 10.2 Å². The van der Waals surface area contributed by atoms with E-state index in [1.165, 1.54) is 28.1 Å². The van der Waals surface area contributed by atoms with Gasteiger partial charge in [0.2, 0.25) is 15.9 Å². The second kappa shape index (κ2) is 8.34. The topological polar surface area (TPSA) is 69.7 Å². The van der Waals surface area contributed by atoms with Crippen LogP contribution >= 0.6 is 11.6 Å². The van der Waals surface area contributed by atoms with Crippen LogP contribution in [0, 0.1) is 0 Å². The number of sulfonamides is 1. The molecule has 1 saturated heterocycles. The standard InChI is InChI=1S/C21H24ClN3O3S/c22-18-10-9-17(29(27,28)25-12-3-4-13-25)14-19(18)23-21(26)15-24-11-5-7-16-6-1-2-8-20(16)24/h1-2,6,8-10,14H,3-5,7,11-13,15H2,(H,23,26). The van der Waals surface area contributed by atoms with E-state index in [4.69, 9.17) is 11.6 Å². The first-order chi connectivity index (χ1) is 13.9. The lowest BCUT2D eigenvalue weighted by molar-refractivity contribution is -0.115. The Balaban J connectivity index is 1.50. The molecule has 8 heteroatoms. The number of carbonyl (C=O) groups is 1. The maximum atomic E-state index is 12.8. The quantitative estimate of drug-likeness (QED) is 0.783. The number of hydrogen-bond acceptors (Lipinski definition) is 4. The summed E-state index contributed by atoms with van der Waals surface area (Å²) in [5.74, 6) is -0.223. The zero-order valence-electron chi connectivity index (χ0n) is 16.1. The fourth-order valence-corrected chi connectivity index (χ4v) is 5.69. The highest BCUT2D eigenvalue weighted by Crippen LogP contribution is 2.29. The summed E-state index contributed by atoms with van der Waals surface area (Å²) in [5.41, 5.74) is 2.64. The lowest BCUT2D eigenvalue weighted by Crippen LogP contribution is -2.36. The van der Waals surface area contributed by atoms with E-state index >= 15 is 0 Å². The van der Waals surface area contributed by atoms with Crippen LogP contribution in [0.3, 0.4) is 0 Å². The van der Waals surface area contributed by atoms with E-state index in [9.17, 15) is 13.2 Å². The molecule has 6 nitrogen and oxygen atoms in total. The number of benzene rings is 2. The molecule has 0 radical (unpaired) electrons. The van der Waals surface area contributed by atoms with Gasteiger partial charge in [-0.1, -0.05) is 29.8 Å². The Morgan fingerprint density at radius 1 is 1.03 bits per heavy atom. The number of carbonyl (C=O) groups excluding carboxylic acids is 1. The molecule has 0 saturated carbocycles. The Morgan fingerprint density at radius 2 is 1.79 bits per heavy atom. The molecule has 0 atom stereocenters. The number of fused-ring (bicyclic) bond motifs is 1. The van der Waals surface area contributed by atoms with Gasteiger partial charge in [-0.05, 0) is 55.5 Å². The third-order valence-electron chi connectivity index (χ3n) is 5.46. The summed E-state index contributed by atoms with van der Waals surface area (Å²) in [7, 11) is -3.57. The van der Waals surface area contributed by atoms with Gasteiger partial charge >= 0.3 is 0 Å². The van der Waals surface area contributed by atoms with Crippen LogP contribution in [0.1, 0.15) is 24.8 Å². The first kappa shape index (κ1) is 20.2. The van der Waals surface area contributed by atoms with E-state index in [-0.39, 0.29) is 17.3 Å². The molecule has 29 heavy (non-hydrogen) atoms. The largest absolute Gasteiger partial charge is 0.362 e. The summed E-state index contributed by atoms with van der Waals surface area (Å²) in [6.07, 6.45) is 3.74. The SMILES string of the molecule is O=C(CN1CCCc2ccccc21)Nc1cc(S(=O)(=O)N2CCCC2)ccc1Cl. The molecule has 2 heterocycles. The molecular formula is C21H24ClN3O3S. The van der Waals surface area contributed by atoms with Crippen LogP contribution in [-0.2, 0) is 21.2 Å². The van der Waals surface area contributed by atoms with E-state index in [2.05, 4.69) is 11.4 Å². The number of para-hydroxylation sites is 1. The molecule has 1 N–H and O–H groups in total. The van der Waals surface area contributed by atoms with Crippen molar-refractivity contribution in [2.75, 3.05) is 36.4 Å². The fourth-order valence-electron chi connectivity index (χ4n) is 3.98. The van der Waals surface area contributed by atoms with Crippen LogP contribution in [0.5, 0.6) is 0 Å². The number of nitrogens with one attached hydrogen (secondary N) is 1. The lowest BCUT2D eigenvalue weighted by Gasteiger charge is -2.30. The minimum Gasteiger partial charge on any atom is -0.362 e. The fraction of sp³-hybridized carbons (Fsp3) is 0.381. The van der Waals surface area contributed by atoms with Gasteiger partial charge in [-0.15, -0.1) is 0 Å². The molecule has 0 aliphatic carbocycles. The highest BCUT2D eigenvalue weighted by Gasteiger charge is 2.28. The molecule has 1 fully saturated rings. The van der Waals surface area contributed by atoms with Crippen molar-refractivity contribution >= 4 is 38.9 Å². The minimum absolute atomic E-state index is 0.155. The van der Waals surface area contributed by atoms with Crippen LogP contribution in [0.2, 0.25) is 5.02 Å². The van der Waals surface area contributed by atoms with Crippen molar-refractivity contribution in [3.05, 3.63) is 53.1 Å². The van der Waals surface area contributed by atoms with Crippen LogP contribution in [0.4, 0.5) is 11.4 Å². The summed E-state index contributed by atoms with van der Waals surface area (Å²) in [4.78, 5) is 14.9. The Morgan fingerprint density at radius 3 is 2.59 bits per heavy atom. The van der Waals surface area contributed by atoms with Crippen LogP contribution in [0.25, 0.3) is 0 Å². The van der Waals surface area contributed by atoms with Gasteiger partial charge in [-0.3, -0.25) is 4.79 Å². The van der Waals surface area contributed by atoms with Crippen LogP contribution in [0.15, 0.2) is 47.4 Å². The third kappa shape index (κ3) is 4.27. The number of nitrogens with zero attached hydrogens (tertiary/aromatic N) is 2. The first-order valence-corrected chi connectivity index (χ1v) is 11.7. The normalized spacial score (nSPS) is 17.2. The van der Waals surface area contributed by atoms with Crippen molar-refractivity contribution < 1.29 is 13.2 Å². The summed E-state index contributed by atoms with van der Waals surface area (Å²) >= 11 is 6.24. The molecule has 2 aromatic rings. The molecule has 0 spiro atoms. The molecular weight excluding hydrogens is 410 g/mol.